The number of amides is 1. The Balaban J connectivity index is 1.59. The van der Waals surface area contributed by atoms with E-state index in [0.29, 0.717) is 29.0 Å². The van der Waals surface area contributed by atoms with Crippen LogP contribution in [-0.4, -0.2) is 33.3 Å². The molecule has 1 heterocycles. The Hall–Kier alpha value is -2.15. The standard InChI is InChI=1S/C16H20N4O2S/c1-20-14(18-19-16(20)23)9-10-17-15(21)12-7-2-3-8-13(12)22-11-5-4-6-11/h2-3,7-8,11H,4-6,9-10H2,1H3,(H,17,21)(H,19,23). The number of benzene rings is 1. The summed E-state index contributed by atoms with van der Waals surface area (Å²) in [4.78, 5) is 12.4. The number of aromatic nitrogens is 3. The van der Waals surface area contributed by atoms with Crippen LogP contribution in [0.3, 0.4) is 0 Å². The fourth-order valence-electron chi connectivity index (χ4n) is 2.41. The number of para-hydroxylation sites is 1. The summed E-state index contributed by atoms with van der Waals surface area (Å²) in [5, 5.41) is 9.78. The Labute approximate surface area is 139 Å². The molecule has 0 spiro atoms. The lowest BCUT2D eigenvalue weighted by Crippen LogP contribution is -2.29. The number of hydrogen-bond donors (Lipinski definition) is 2. The van der Waals surface area contributed by atoms with Crippen LogP contribution >= 0.6 is 12.2 Å². The zero-order valence-corrected chi connectivity index (χ0v) is 13.9. The largest absolute Gasteiger partial charge is 0.490 e. The first-order valence-electron chi connectivity index (χ1n) is 7.79. The van der Waals surface area contributed by atoms with Gasteiger partial charge >= 0.3 is 0 Å². The van der Waals surface area contributed by atoms with E-state index < -0.39 is 0 Å². The van der Waals surface area contributed by atoms with E-state index in [1.807, 2.05) is 25.2 Å². The molecule has 0 saturated heterocycles. The van der Waals surface area contributed by atoms with Crippen LogP contribution in [0.1, 0.15) is 35.4 Å². The van der Waals surface area contributed by atoms with Gasteiger partial charge in [-0.25, -0.2) is 0 Å². The van der Waals surface area contributed by atoms with E-state index in [1.54, 1.807) is 10.6 Å². The molecule has 0 unspecified atom stereocenters. The number of nitrogens with zero attached hydrogens (tertiary/aromatic N) is 2. The topological polar surface area (TPSA) is 71.9 Å². The van der Waals surface area contributed by atoms with Crippen molar-refractivity contribution in [3.05, 3.63) is 40.4 Å². The van der Waals surface area contributed by atoms with Gasteiger partial charge in [0.15, 0.2) is 4.77 Å². The smallest absolute Gasteiger partial charge is 0.255 e. The van der Waals surface area contributed by atoms with Gasteiger partial charge < -0.3 is 14.6 Å². The molecule has 6 nitrogen and oxygen atoms in total. The molecule has 1 saturated carbocycles. The van der Waals surface area contributed by atoms with E-state index in [9.17, 15) is 4.79 Å². The third-order valence-corrected chi connectivity index (χ3v) is 4.45. The summed E-state index contributed by atoms with van der Waals surface area (Å²) in [6, 6.07) is 7.38. The summed E-state index contributed by atoms with van der Waals surface area (Å²) in [6.45, 7) is 0.490. The molecule has 3 rings (SSSR count). The van der Waals surface area contributed by atoms with Crippen LogP contribution in [0.4, 0.5) is 0 Å². The van der Waals surface area contributed by atoms with Gasteiger partial charge in [0.2, 0.25) is 0 Å². The quantitative estimate of drug-likeness (QED) is 0.797. The lowest BCUT2D eigenvalue weighted by molar-refractivity contribution is 0.0928. The summed E-state index contributed by atoms with van der Waals surface area (Å²) in [5.41, 5.74) is 0.578. The van der Waals surface area contributed by atoms with E-state index in [4.69, 9.17) is 17.0 Å². The minimum absolute atomic E-state index is 0.128. The van der Waals surface area contributed by atoms with Crippen molar-refractivity contribution in [3.8, 4) is 5.75 Å². The van der Waals surface area contributed by atoms with Crippen LogP contribution in [0.25, 0.3) is 0 Å². The molecule has 1 amide bonds. The van der Waals surface area contributed by atoms with E-state index in [1.165, 1.54) is 6.42 Å². The van der Waals surface area contributed by atoms with Crippen molar-refractivity contribution < 1.29 is 9.53 Å². The highest BCUT2D eigenvalue weighted by Crippen LogP contribution is 2.27. The monoisotopic (exact) mass is 332 g/mol. The maximum absolute atomic E-state index is 12.4. The Morgan fingerprint density at radius 2 is 2.26 bits per heavy atom. The fourth-order valence-corrected chi connectivity index (χ4v) is 2.56. The number of carbonyl (C=O) groups is 1. The lowest BCUT2D eigenvalue weighted by Gasteiger charge is -2.27. The van der Waals surface area contributed by atoms with Crippen molar-refractivity contribution >= 4 is 18.1 Å². The number of carbonyl (C=O) groups excluding carboxylic acids is 1. The number of ether oxygens (including phenoxy) is 1. The summed E-state index contributed by atoms with van der Waals surface area (Å²) in [5.74, 6) is 1.35. The van der Waals surface area contributed by atoms with Gasteiger partial charge in [-0.2, -0.15) is 5.10 Å². The lowest BCUT2D eigenvalue weighted by atomic mass is 9.96. The molecular formula is C16H20N4O2S. The first kappa shape index (κ1) is 15.7. The van der Waals surface area contributed by atoms with Crippen LogP contribution in [0.5, 0.6) is 5.75 Å². The van der Waals surface area contributed by atoms with E-state index in [0.717, 1.165) is 18.7 Å². The molecule has 0 atom stereocenters. The molecule has 0 aliphatic heterocycles. The minimum Gasteiger partial charge on any atom is -0.490 e. The summed E-state index contributed by atoms with van der Waals surface area (Å²) < 4.78 is 8.27. The fraction of sp³-hybridized carbons (Fsp3) is 0.438. The van der Waals surface area contributed by atoms with Crippen LogP contribution in [-0.2, 0) is 13.5 Å². The van der Waals surface area contributed by atoms with Crippen molar-refractivity contribution in [1.29, 1.82) is 0 Å². The average Bonchev–Trinajstić information content (AvgIpc) is 2.83. The number of H-pyrrole nitrogens is 1. The van der Waals surface area contributed by atoms with Gasteiger partial charge in [0.1, 0.15) is 11.6 Å². The van der Waals surface area contributed by atoms with Crippen molar-refractivity contribution in [2.75, 3.05) is 6.54 Å². The number of hydrogen-bond acceptors (Lipinski definition) is 4. The Morgan fingerprint density at radius 1 is 1.48 bits per heavy atom. The summed E-state index contributed by atoms with van der Waals surface area (Å²) >= 11 is 5.07. The number of nitrogens with one attached hydrogen (secondary N) is 2. The first-order valence-corrected chi connectivity index (χ1v) is 8.20. The average molecular weight is 332 g/mol. The molecule has 1 fully saturated rings. The second-order valence-corrected chi connectivity index (χ2v) is 6.06. The number of aromatic amines is 1. The van der Waals surface area contributed by atoms with Crippen molar-refractivity contribution in [2.45, 2.75) is 31.8 Å². The Morgan fingerprint density at radius 3 is 2.91 bits per heavy atom. The zero-order chi connectivity index (χ0) is 16.2. The van der Waals surface area contributed by atoms with Crippen LogP contribution in [0, 0.1) is 4.77 Å². The normalized spacial score (nSPS) is 14.3. The molecule has 23 heavy (non-hydrogen) atoms. The maximum atomic E-state index is 12.4. The predicted molar refractivity (Wildman–Crippen MR) is 89.1 cm³/mol. The maximum Gasteiger partial charge on any atom is 0.255 e. The third-order valence-electron chi connectivity index (χ3n) is 4.08. The third kappa shape index (κ3) is 3.61. The van der Waals surface area contributed by atoms with Crippen molar-refractivity contribution in [1.82, 2.24) is 20.1 Å². The van der Waals surface area contributed by atoms with Gasteiger partial charge in [-0.1, -0.05) is 12.1 Å². The van der Waals surface area contributed by atoms with Crippen molar-refractivity contribution in [3.63, 3.8) is 0 Å². The van der Waals surface area contributed by atoms with Gasteiger partial charge in [-0.3, -0.25) is 9.89 Å². The van der Waals surface area contributed by atoms with Gasteiger partial charge in [-0.15, -0.1) is 0 Å². The van der Waals surface area contributed by atoms with Gasteiger partial charge in [0, 0.05) is 20.0 Å². The first-order chi connectivity index (χ1) is 11.1. The zero-order valence-electron chi connectivity index (χ0n) is 13.0. The molecule has 1 aliphatic carbocycles. The molecule has 2 N–H and O–H groups in total. The summed E-state index contributed by atoms with van der Waals surface area (Å²) in [7, 11) is 1.85. The van der Waals surface area contributed by atoms with Gasteiger partial charge in [0.25, 0.3) is 5.91 Å². The molecule has 122 valence electrons. The van der Waals surface area contributed by atoms with Crippen LogP contribution < -0.4 is 10.1 Å². The van der Waals surface area contributed by atoms with Crippen LogP contribution in [0.2, 0.25) is 0 Å². The highest BCUT2D eigenvalue weighted by Gasteiger charge is 2.21. The molecule has 0 bridgehead atoms. The second kappa shape index (κ2) is 6.95. The molecular weight excluding hydrogens is 312 g/mol. The second-order valence-electron chi connectivity index (χ2n) is 5.68. The van der Waals surface area contributed by atoms with E-state index >= 15 is 0 Å². The highest BCUT2D eigenvalue weighted by molar-refractivity contribution is 7.71. The predicted octanol–water partition coefficient (Wildman–Crippen LogP) is 2.38. The molecule has 1 aromatic heterocycles. The number of rotatable bonds is 6. The van der Waals surface area contributed by atoms with Gasteiger partial charge in [0.05, 0.1) is 11.7 Å². The molecule has 1 aliphatic rings. The minimum atomic E-state index is -0.128. The Bertz CT molecular complexity index is 749. The molecule has 0 radical (unpaired) electrons. The SMILES string of the molecule is Cn1c(CCNC(=O)c2ccccc2OC2CCC2)n[nH]c1=S. The summed E-state index contributed by atoms with van der Waals surface area (Å²) in [6.07, 6.45) is 4.19. The van der Waals surface area contributed by atoms with E-state index in [2.05, 4.69) is 15.5 Å². The molecule has 1 aromatic carbocycles. The molecule has 2 aromatic rings. The van der Waals surface area contributed by atoms with Crippen LogP contribution in [0.15, 0.2) is 24.3 Å². The highest BCUT2D eigenvalue weighted by atomic mass is 32.1. The van der Waals surface area contributed by atoms with Gasteiger partial charge in [-0.05, 0) is 43.6 Å². The Kier molecular flexibility index (Phi) is 4.76. The van der Waals surface area contributed by atoms with E-state index in [-0.39, 0.29) is 12.0 Å². The molecule has 7 heteroatoms. The van der Waals surface area contributed by atoms with Crippen molar-refractivity contribution in [2.24, 2.45) is 7.05 Å².